The van der Waals surface area contributed by atoms with Gasteiger partial charge < -0.3 is 5.73 Å². The first-order valence-corrected chi connectivity index (χ1v) is 9.74. The van der Waals surface area contributed by atoms with Crippen LogP contribution in [0.2, 0.25) is 0 Å². The minimum absolute atomic E-state index is 0.00514. The van der Waals surface area contributed by atoms with Crippen molar-refractivity contribution in [1.82, 2.24) is 13.9 Å². The molecule has 0 amide bonds. The topological polar surface area (TPSA) is 90.9 Å². The van der Waals surface area contributed by atoms with Crippen molar-refractivity contribution in [3.8, 4) is 11.3 Å². The molecule has 2 N–H and O–H groups in total. The zero-order chi connectivity index (χ0) is 20.8. The number of hydrogen-bond acceptors (Lipinski definition) is 5. The molecule has 10 heteroatoms. The van der Waals surface area contributed by atoms with E-state index in [9.17, 15) is 21.6 Å². The summed E-state index contributed by atoms with van der Waals surface area (Å²) in [5.41, 5.74) is 4.14. The SMILES string of the molecule is Nc1ncc(C(F)(F)F)c(-c2cn(S(=O)(=O)c3ccccc3)c3ccccc23)n1. The molecule has 2 heterocycles. The molecular weight excluding hydrogens is 405 g/mol. The fraction of sp³-hybridized carbons (Fsp3) is 0.0526. The molecule has 148 valence electrons. The lowest BCUT2D eigenvalue weighted by Gasteiger charge is -2.11. The van der Waals surface area contributed by atoms with Crippen LogP contribution in [0.4, 0.5) is 19.1 Å². The zero-order valence-corrected chi connectivity index (χ0v) is 15.4. The summed E-state index contributed by atoms with van der Waals surface area (Å²) in [6, 6.07) is 13.8. The Kier molecular flexibility index (Phi) is 4.30. The Morgan fingerprint density at radius 1 is 0.966 bits per heavy atom. The van der Waals surface area contributed by atoms with Gasteiger partial charge in [0.2, 0.25) is 5.95 Å². The van der Waals surface area contributed by atoms with Crippen molar-refractivity contribution in [1.29, 1.82) is 0 Å². The minimum atomic E-state index is -4.75. The fourth-order valence-electron chi connectivity index (χ4n) is 3.05. The Labute approximate surface area is 163 Å². The fourth-order valence-corrected chi connectivity index (χ4v) is 4.44. The standard InChI is InChI=1S/C19H13F3N4O2S/c20-19(21,22)15-10-24-18(23)25-17(15)14-11-26(16-9-5-4-8-13(14)16)29(27,28)12-6-2-1-3-7-12/h1-11H,(H2,23,24,25). The molecule has 0 radical (unpaired) electrons. The molecular formula is C19H13F3N4O2S. The Morgan fingerprint density at radius 3 is 2.31 bits per heavy atom. The number of aromatic nitrogens is 3. The average molecular weight is 418 g/mol. The number of fused-ring (bicyclic) bond motifs is 1. The number of nitrogen functional groups attached to an aromatic ring is 1. The van der Waals surface area contributed by atoms with Gasteiger partial charge in [0.1, 0.15) is 5.56 Å². The van der Waals surface area contributed by atoms with Crippen LogP contribution in [0.5, 0.6) is 0 Å². The van der Waals surface area contributed by atoms with Gasteiger partial charge in [-0.1, -0.05) is 36.4 Å². The van der Waals surface area contributed by atoms with Gasteiger partial charge in [-0.3, -0.25) is 0 Å². The maximum absolute atomic E-state index is 13.5. The van der Waals surface area contributed by atoms with Crippen LogP contribution in [0.15, 0.2) is 71.9 Å². The monoisotopic (exact) mass is 418 g/mol. The van der Waals surface area contributed by atoms with Crippen LogP contribution in [0.25, 0.3) is 22.2 Å². The van der Waals surface area contributed by atoms with E-state index in [4.69, 9.17) is 5.73 Å². The molecule has 2 aromatic carbocycles. The third kappa shape index (κ3) is 3.21. The van der Waals surface area contributed by atoms with Gasteiger partial charge in [-0.15, -0.1) is 0 Å². The van der Waals surface area contributed by atoms with Crippen LogP contribution in [0.1, 0.15) is 5.56 Å². The molecule has 0 atom stereocenters. The molecule has 4 aromatic rings. The second-order valence-electron chi connectivity index (χ2n) is 6.16. The Morgan fingerprint density at radius 2 is 1.62 bits per heavy atom. The highest BCUT2D eigenvalue weighted by Gasteiger charge is 2.36. The number of benzene rings is 2. The van der Waals surface area contributed by atoms with Gasteiger partial charge in [0.05, 0.1) is 16.1 Å². The molecule has 0 spiro atoms. The van der Waals surface area contributed by atoms with Gasteiger partial charge >= 0.3 is 6.18 Å². The largest absolute Gasteiger partial charge is 0.419 e. The van der Waals surface area contributed by atoms with Crippen LogP contribution in [-0.2, 0) is 16.2 Å². The highest BCUT2D eigenvalue weighted by Crippen LogP contribution is 2.39. The molecule has 0 saturated heterocycles. The third-order valence-electron chi connectivity index (χ3n) is 4.35. The van der Waals surface area contributed by atoms with E-state index in [1.54, 1.807) is 30.3 Å². The highest BCUT2D eigenvalue weighted by atomic mass is 32.2. The van der Waals surface area contributed by atoms with Crippen molar-refractivity contribution in [3.05, 3.63) is 72.6 Å². The van der Waals surface area contributed by atoms with Crippen LogP contribution in [-0.4, -0.2) is 22.4 Å². The maximum atomic E-state index is 13.5. The lowest BCUT2D eigenvalue weighted by molar-refractivity contribution is -0.137. The van der Waals surface area contributed by atoms with E-state index in [-0.39, 0.29) is 27.3 Å². The number of para-hydroxylation sites is 1. The van der Waals surface area contributed by atoms with Crippen LogP contribution in [0, 0.1) is 0 Å². The number of alkyl halides is 3. The Bertz CT molecular complexity index is 1320. The van der Waals surface area contributed by atoms with Crippen molar-refractivity contribution < 1.29 is 21.6 Å². The van der Waals surface area contributed by atoms with Crippen LogP contribution in [0.3, 0.4) is 0 Å². The van der Waals surface area contributed by atoms with Gasteiger partial charge in [0.25, 0.3) is 10.0 Å². The van der Waals surface area contributed by atoms with Crippen molar-refractivity contribution in [2.45, 2.75) is 11.1 Å². The summed E-state index contributed by atoms with van der Waals surface area (Å²) in [6.07, 6.45) is -3.02. The van der Waals surface area contributed by atoms with Crippen molar-refractivity contribution in [3.63, 3.8) is 0 Å². The summed E-state index contributed by atoms with van der Waals surface area (Å²) < 4.78 is 67.8. The van der Waals surface area contributed by atoms with E-state index < -0.39 is 27.5 Å². The first kappa shape index (κ1) is 18.9. The number of nitrogens with zero attached hydrogens (tertiary/aromatic N) is 3. The normalized spacial score (nSPS) is 12.4. The van der Waals surface area contributed by atoms with Crippen molar-refractivity contribution in [2.75, 3.05) is 5.73 Å². The molecule has 0 aliphatic carbocycles. The van der Waals surface area contributed by atoms with Crippen LogP contribution < -0.4 is 5.73 Å². The van der Waals surface area contributed by atoms with Crippen LogP contribution >= 0.6 is 0 Å². The summed E-state index contributed by atoms with van der Waals surface area (Å²) in [4.78, 5) is 7.21. The van der Waals surface area contributed by atoms with Gasteiger partial charge in [-0.05, 0) is 18.2 Å². The Balaban J connectivity index is 2.05. The smallest absolute Gasteiger partial charge is 0.368 e. The third-order valence-corrected chi connectivity index (χ3v) is 6.03. The van der Waals surface area contributed by atoms with E-state index in [0.29, 0.717) is 6.20 Å². The lowest BCUT2D eigenvalue weighted by atomic mass is 10.1. The first-order valence-electron chi connectivity index (χ1n) is 8.30. The zero-order valence-electron chi connectivity index (χ0n) is 14.6. The van der Waals surface area contributed by atoms with Crippen molar-refractivity contribution in [2.24, 2.45) is 0 Å². The number of halogens is 3. The summed E-state index contributed by atoms with van der Waals surface area (Å²) in [5, 5.41) is 0.288. The molecule has 4 rings (SSSR count). The summed E-state index contributed by atoms with van der Waals surface area (Å²) in [5.74, 6) is -0.351. The van der Waals surface area contributed by atoms with Gasteiger partial charge in [0.15, 0.2) is 0 Å². The molecule has 0 aliphatic heterocycles. The maximum Gasteiger partial charge on any atom is 0.419 e. The lowest BCUT2D eigenvalue weighted by Crippen LogP contribution is -2.12. The number of anilines is 1. The predicted molar refractivity (Wildman–Crippen MR) is 101 cm³/mol. The number of rotatable bonds is 3. The summed E-state index contributed by atoms with van der Waals surface area (Å²) in [7, 11) is -4.05. The molecule has 0 unspecified atom stereocenters. The average Bonchev–Trinajstić information content (AvgIpc) is 3.08. The predicted octanol–water partition coefficient (Wildman–Crippen LogP) is 3.94. The molecule has 0 bridgehead atoms. The second-order valence-corrected chi connectivity index (χ2v) is 7.98. The van der Waals surface area contributed by atoms with E-state index >= 15 is 0 Å². The van der Waals surface area contributed by atoms with E-state index in [2.05, 4.69) is 9.97 Å². The molecule has 0 saturated carbocycles. The van der Waals surface area contributed by atoms with E-state index in [1.165, 1.54) is 24.3 Å². The minimum Gasteiger partial charge on any atom is -0.368 e. The number of hydrogen-bond donors (Lipinski definition) is 1. The number of nitrogens with two attached hydrogens (primary N) is 1. The molecule has 6 nitrogen and oxygen atoms in total. The molecule has 0 fully saturated rings. The highest BCUT2D eigenvalue weighted by molar-refractivity contribution is 7.90. The molecule has 0 aliphatic rings. The summed E-state index contributed by atoms with van der Waals surface area (Å²) in [6.45, 7) is 0. The quantitative estimate of drug-likeness (QED) is 0.544. The first-order chi connectivity index (χ1) is 13.7. The van der Waals surface area contributed by atoms with E-state index in [1.807, 2.05) is 0 Å². The molecule has 29 heavy (non-hydrogen) atoms. The van der Waals surface area contributed by atoms with E-state index in [0.717, 1.165) is 10.2 Å². The van der Waals surface area contributed by atoms with Gasteiger partial charge in [0, 0.05) is 23.3 Å². The molecule has 2 aromatic heterocycles. The Hall–Kier alpha value is -3.40. The van der Waals surface area contributed by atoms with Gasteiger partial charge in [-0.25, -0.2) is 22.4 Å². The summed E-state index contributed by atoms with van der Waals surface area (Å²) >= 11 is 0. The van der Waals surface area contributed by atoms with Crippen molar-refractivity contribution >= 4 is 26.9 Å². The van der Waals surface area contributed by atoms with Gasteiger partial charge in [-0.2, -0.15) is 13.2 Å². The second kappa shape index (κ2) is 6.59.